The van der Waals surface area contributed by atoms with Crippen molar-refractivity contribution in [1.82, 2.24) is 4.98 Å². The SMILES string of the molecule is COc1ccc([N+](=O)[O-])c(NC2CCCCCC2)n1. The van der Waals surface area contributed by atoms with Gasteiger partial charge < -0.3 is 10.1 Å². The summed E-state index contributed by atoms with van der Waals surface area (Å²) in [4.78, 5) is 14.8. The van der Waals surface area contributed by atoms with Crippen LogP contribution < -0.4 is 10.1 Å². The molecule has 0 aliphatic heterocycles. The third-order valence-corrected chi connectivity index (χ3v) is 3.45. The summed E-state index contributed by atoms with van der Waals surface area (Å²) in [6.07, 6.45) is 6.88. The van der Waals surface area contributed by atoms with Crippen LogP contribution in [0.3, 0.4) is 0 Å². The van der Waals surface area contributed by atoms with Gasteiger partial charge in [0.05, 0.1) is 12.0 Å². The van der Waals surface area contributed by atoms with Crippen LogP contribution in [0.5, 0.6) is 5.88 Å². The van der Waals surface area contributed by atoms with Crippen molar-refractivity contribution in [2.45, 2.75) is 44.6 Å². The van der Waals surface area contributed by atoms with Crippen molar-refractivity contribution in [3.8, 4) is 5.88 Å². The second kappa shape index (κ2) is 6.36. The number of nitro groups is 1. The fourth-order valence-electron chi connectivity index (χ4n) is 2.42. The highest BCUT2D eigenvalue weighted by Crippen LogP contribution is 2.28. The van der Waals surface area contributed by atoms with Crippen molar-refractivity contribution >= 4 is 11.5 Å². The molecule has 0 unspecified atom stereocenters. The molecule has 0 radical (unpaired) electrons. The zero-order valence-corrected chi connectivity index (χ0v) is 11.1. The molecule has 19 heavy (non-hydrogen) atoms. The summed E-state index contributed by atoms with van der Waals surface area (Å²) in [6.45, 7) is 0. The number of pyridine rings is 1. The molecule has 6 heteroatoms. The normalized spacial score (nSPS) is 16.7. The van der Waals surface area contributed by atoms with Crippen molar-refractivity contribution in [3.63, 3.8) is 0 Å². The Labute approximate surface area is 112 Å². The van der Waals surface area contributed by atoms with Crippen molar-refractivity contribution in [1.29, 1.82) is 0 Å². The Morgan fingerprint density at radius 1 is 1.32 bits per heavy atom. The molecule has 0 spiro atoms. The van der Waals surface area contributed by atoms with E-state index in [9.17, 15) is 10.1 Å². The predicted molar refractivity (Wildman–Crippen MR) is 72.6 cm³/mol. The first-order valence-electron chi connectivity index (χ1n) is 6.66. The van der Waals surface area contributed by atoms with Crippen molar-refractivity contribution in [2.24, 2.45) is 0 Å². The topological polar surface area (TPSA) is 77.3 Å². The predicted octanol–water partition coefficient (Wildman–Crippen LogP) is 3.13. The first-order chi connectivity index (χ1) is 9.20. The second-order valence-corrected chi connectivity index (χ2v) is 4.81. The summed E-state index contributed by atoms with van der Waals surface area (Å²) in [6, 6.07) is 3.21. The number of hydrogen-bond donors (Lipinski definition) is 1. The molecule has 1 saturated carbocycles. The molecule has 0 bridgehead atoms. The van der Waals surface area contributed by atoms with Crippen LogP contribution in [0, 0.1) is 10.1 Å². The third kappa shape index (κ3) is 3.56. The summed E-state index contributed by atoms with van der Waals surface area (Å²) in [7, 11) is 1.50. The van der Waals surface area contributed by atoms with E-state index in [1.165, 1.54) is 32.1 Å². The van der Waals surface area contributed by atoms with Gasteiger partial charge >= 0.3 is 5.69 Å². The van der Waals surface area contributed by atoms with Crippen molar-refractivity contribution in [2.75, 3.05) is 12.4 Å². The average Bonchev–Trinajstić information content (AvgIpc) is 2.67. The van der Waals surface area contributed by atoms with Crippen LogP contribution in [0.15, 0.2) is 12.1 Å². The Balaban J connectivity index is 2.18. The maximum Gasteiger partial charge on any atom is 0.311 e. The molecule has 6 nitrogen and oxygen atoms in total. The summed E-state index contributed by atoms with van der Waals surface area (Å²) >= 11 is 0. The minimum atomic E-state index is -0.411. The summed E-state index contributed by atoms with van der Waals surface area (Å²) < 4.78 is 5.03. The number of nitrogens with one attached hydrogen (secondary N) is 1. The largest absolute Gasteiger partial charge is 0.481 e. The van der Waals surface area contributed by atoms with Gasteiger partial charge in [-0.05, 0) is 12.8 Å². The van der Waals surface area contributed by atoms with Crippen molar-refractivity contribution < 1.29 is 9.66 Å². The lowest BCUT2D eigenvalue weighted by molar-refractivity contribution is -0.384. The summed E-state index contributed by atoms with van der Waals surface area (Å²) in [5, 5.41) is 14.2. The molecule has 1 aromatic rings. The lowest BCUT2D eigenvalue weighted by atomic mass is 10.1. The highest BCUT2D eigenvalue weighted by atomic mass is 16.6. The van der Waals surface area contributed by atoms with Crippen molar-refractivity contribution in [3.05, 3.63) is 22.2 Å². The maximum absolute atomic E-state index is 11.0. The first kappa shape index (κ1) is 13.6. The number of hydrogen-bond acceptors (Lipinski definition) is 5. The number of ether oxygens (including phenoxy) is 1. The van der Waals surface area contributed by atoms with Crippen LogP contribution in [0.2, 0.25) is 0 Å². The van der Waals surface area contributed by atoms with Gasteiger partial charge in [-0.25, -0.2) is 0 Å². The molecular formula is C13H19N3O3. The van der Waals surface area contributed by atoms with Gasteiger partial charge in [0.25, 0.3) is 0 Å². The van der Waals surface area contributed by atoms with Gasteiger partial charge in [0.15, 0.2) is 0 Å². The van der Waals surface area contributed by atoms with Crippen LogP contribution in [0.1, 0.15) is 38.5 Å². The van der Waals surface area contributed by atoms with Crippen LogP contribution in [0.25, 0.3) is 0 Å². The number of aromatic nitrogens is 1. The van der Waals surface area contributed by atoms with Crippen LogP contribution in [-0.2, 0) is 0 Å². The molecule has 1 aromatic heterocycles. The Morgan fingerprint density at radius 3 is 2.58 bits per heavy atom. The van der Waals surface area contributed by atoms with Gasteiger partial charge in [-0.2, -0.15) is 4.98 Å². The van der Waals surface area contributed by atoms with Crippen LogP contribution >= 0.6 is 0 Å². The fourth-order valence-corrected chi connectivity index (χ4v) is 2.42. The van der Waals surface area contributed by atoms with Gasteiger partial charge in [0.2, 0.25) is 11.7 Å². The molecule has 1 aliphatic carbocycles. The van der Waals surface area contributed by atoms with E-state index in [2.05, 4.69) is 10.3 Å². The van der Waals surface area contributed by atoms with Crippen LogP contribution in [0.4, 0.5) is 11.5 Å². The van der Waals surface area contributed by atoms with Gasteiger partial charge in [0, 0.05) is 18.2 Å². The van der Waals surface area contributed by atoms with Gasteiger partial charge in [-0.1, -0.05) is 25.7 Å². The monoisotopic (exact) mass is 265 g/mol. The second-order valence-electron chi connectivity index (χ2n) is 4.81. The minimum absolute atomic E-state index is 0.00467. The Morgan fingerprint density at radius 2 is 2.00 bits per heavy atom. The maximum atomic E-state index is 11.0. The number of anilines is 1. The van der Waals surface area contributed by atoms with E-state index < -0.39 is 4.92 Å². The molecule has 1 aliphatic rings. The summed E-state index contributed by atoms with van der Waals surface area (Å²) in [5.41, 5.74) is 0.00467. The molecule has 1 fully saturated rings. The Hall–Kier alpha value is -1.85. The lowest BCUT2D eigenvalue weighted by Crippen LogP contribution is -2.20. The van der Waals surface area contributed by atoms with E-state index in [1.807, 2.05) is 0 Å². The third-order valence-electron chi connectivity index (χ3n) is 3.45. The minimum Gasteiger partial charge on any atom is -0.481 e. The summed E-state index contributed by atoms with van der Waals surface area (Å²) in [5.74, 6) is 0.706. The highest BCUT2D eigenvalue weighted by Gasteiger charge is 2.20. The molecule has 104 valence electrons. The quantitative estimate of drug-likeness (QED) is 0.514. The first-order valence-corrected chi connectivity index (χ1v) is 6.66. The zero-order chi connectivity index (χ0) is 13.7. The Bertz CT molecular complexity index is 443. The van der Waals surface area contributed by atoms with Crippen LogP contribution in [-0.4, -0.2) is 23.1 Å². The van der Waals surface area contributed by atoms with E-state index in [0.29, 0.717) is 11.7 Å². The van der Waals surface area contributed by atoms with Gasteiger partial charge in [-0.3, -0.25) is 10.1 Å². The molecule has 0 atom stereocenters. The van der Waals surface area contributed by atoms with E-state index in [-0.39, 0.29) is 11.7 Å². The molecule has 2 rings (SSSR count). The molecule has 1 heterocycles. The molecule has 0 saturated heterocycles. The molecule has 0 aromatic carbocycles. The molecule has 1 N–H and O–H groups in total. The standard InChI is InChI=1S/C13H19N3O3/c1-19-12-9-8-11(16(17)18)13(15-12)14-10-6-4-2-3-5-7-10/h8-10H,2-7H2,1H3,(H,14,15). The Kier molecular flexibility index (Phi) is 4.54. The van der Waals surface area contributed by atoms with E-state index in [1.54, 1.807) is 0 Å². The number of nitrogens with zero attached hydrogens (tertiary/aromatic N) is 2. The smallest absolute Gasteiger partial charge is 0.311 e. The average molecular weight is 265 g/mol. The lowest BCUT2D eigenvalue weighted by Gasteiger charge is -2.17. The number of methoxy groups -OCH3 is 1. The number of rotatable bonds is 4. The highest BCUT2D eigenvalue weighted by molar-refractivity contribution is 5.57. The zero-order valence-electron chi connectivity index (χ0n) is 11.1. The molecule has 0 amide bonds. The molecular weight excluding hydrogens is 246 g/mol. The fraction of sp³-hybridized carbons (Fsp3) is 0.615. The van der Waals surface area contributed by atoms with E-state index in [4.69, 9.17) is 4.74 Å². The van der Waals surface area contributed by atoms with E-state index >= 15 is 0 Å². The van der Waals surface area contributed by atoms with E-state index in [0.717, 1.165) is 25.7 Å². The van der Waals surface area contributed by atoms with Gasteiger partial charge in [0.1, 0.15) is 0 Å². The van der Waals surface area contributed by atoms with Gasteiger partial charge in [-0.15, -0.1) is 0 Å².